The number of hydrogen-bond acceptors (Lipinski definition) is 2. The Morgan fingerprint density at radius 2 is 2.16 bits per heavy atom. The minimum Gasteiger partial charge on any atom is -0.341 e. The van der Waals surface area contributed by atoms with Crippen LogP contribution in [0.5, 0.6) is 0 Å². The van der Waals surface area contributed by atoms with Gasteiger partial charge in [0.05, 0.1) is 5.41 Å². The molecule has 1 N–H and O–H groups in total. The van der Waals surface area contributed by atoms with E-state index in [1.807, 2.05) is 6.92 Å². The van der Waals surface area contributed by atoms with Crippen molar-refractivity contribution in [3.05, 3.63) is 35.6 Å². The Kier molecular flexibility index (Phi) is 5.32. The topological polar surface area (TPSA) is 32.3 Å². The number of benzene rings is 1. The second-order valence-electron chi connectivity index (χ2n) is 5.24. The van der Waals surface area contributed by atoms with E-state index in [-0.39, 0.29) is 29.5 Å². The van der Waals surface area contributed by atoms with E-state index in [1.54, 1.807) is 30.1 Å². The number of nitrogens with one attached hydrogen (secondary N) is 1. The molecule has 1 aromatic carbocycles. The molecule has 1 saturated heterocycles. The Morgan fingerprint density at radius 3 is 2.74 bits per heavy atom. The zero-order valence-electron chi connectivity index (χ0n) is 11.3. The Hall–Kier alpha value is -1.13. The molecule has 1 amide bonds. The minimum absolute atomic E-state index is 0. The lowest BCUT2D eigenvalue weighted by Gasteiger charge is -2.28. The van der Waals surface area contributed by atoms with E-state index < -0.39 is 0 Å². The van der Waals surface area contributed by atoms with Crippen molar-refractivity contribution in [1.82, 2.24) is 10.2 Å². The second-order valence-corrected chi connectivity index (χ2v) is 5.24. The Balaban J connectivity index is 0.00000180. The van der Waals surface area contributed by atoms with Crippen molar-refractivity contribution >= 4 is 18.3 Å². The van der Waals surface area contributed by atoms with Gasteiger partial charge in [0, 0.05) is 25.7 Å². The SMILES string of the molecule is CN(Cc1ccccc1F)C(=O)C1(C)CCNC1.Cl. The van der Waals surface area contributed by atoms with Gasteiger partial charge in [0.15, 0.2) is 0 Å². The van der Waals surface area contributed by atoms with Gasteiger partial charge in [-0.05, 0) is 26.0 Å². The van der Waals surface area contributed by atoms with Crippen LogP contribution in [0.3, 0.4) is 0 Å². The summed E-state index contributed by atoms with van der Waals surface area (Å²) in [7, 11) is 1.73. The van der Waals surface area contributed by atoms with Crippen LogP contribution in [-0.2, 0) is 11.3 Å². The van der Waals surface area contributed by atoms with Crippen LogP contribution in [0.15, 0.2) is 24.3 Å². The third kappa shape index (κ3) is 3.45. The van der Waals surface area contributed by atoms with Crippen molar-refractivity contribution < 1.29 is 9.18 Å². The summed E-state index contributed by atoms with van der Waals surface area (Å²) in [5.41, 5.74) is 0.211. The van der Waals surface area contributed by atoms with Gasteiger partial charge in [-0.1, -0.05) is 18.2 Å². The van der Waals surface area contributed by atoms with E-state index >= 15 is 0 Å². The van der Waals surface area contributed by atoms with Crippen molar-refractivity contribution in [2.75, 3.05) is 20.1 Å². The highest BCUT2D eigenvalue weighted by atomic mass is 35.5. The zero-order valence-corrected chi connectivity index (χ0v) is 12.1. The highest BCUT2D eigenvalue weighted by Gasteiger charge is 2.38. The van der Waals surface area contributed by atoms with Crippen LogP contribution in [0.1, 0.15) is 18.9 Å². The van der Waals surface area contributed by atoms with Crippen molar-refractivity contribution in [2.45, 2.75) is 19.9 Å². The van der Waals surface area contributed by atoms with Crippen LogP contribution in [0.2, 0.25) is 0 Å². The molecule has 2 rings (SSSR count). The fraction of sp³-hybridized carbons (Fsp3) is 0.500. The molecule has 1 atom stereocenters. The van der Waals surface area contributed by atoms with Crippen LogP contribution in [0.4, 0.5) is 4.39 Å². The lowest BCUT2D eigenvalue weighted by molar-refractivity contribution is -0.139. The van der Waals surface area contributed by atoms with E-state index in [0.29, 0.717) is 18.7 Å². The molecule has 1 aromatic rings. The largest absolute Gasteiger partial charge is 0.341 e. The van der Waals surface area contributed by atoms with E-state index in [4.69, 9.17) is 0 Å². The third-order valence-electron chi connectivity index (χ3n) is 3.60. The molecule has 0 aliphatic carbocycles. The Labute approximate surface area is 119 Å². The Bertz CT molecular complexity index is 447. The van der Waals surface area contributed by atoms with Crippen molar-refractivity contribution in [3.63, 3.8) is 0 Å². The number of nitrogens with zero attached hydrogens (tertiary/aromatic N) is 1. The minimum atomic E-state index is -0.347. The van der Waals surface area contributed by atoms with Crippen LogP contribution >= 0.6 is 12.4 Å². The summed E-state index contributed by atoms with van der Waals surface area (Å²) >= 11 is 0. The first kappa shape index (κ1) is 15.9. The summed E-state index contributed by atoms with van der Waals surface area (Å²) in [6, 6.07) is 6.58. The van der Waals surface area contributed by atoms with E-state index in [2.05, 4.69) is 5.32 Å². The molecule has 0 saturated carbocycles. The van der Waals surface area contributed by atoms with Gasteiger partial charge in [0.25, 0.3) is 0 Å². The Morgan fingerprint density at radius 1 is 1.47 bits per heavy atom. The van der Waals surface area contributed by atoms with E-state index in [9.17, 15) is 9.18 Å². The average Bonchev–Trinajstić information content (AvgIpc) is 2.79. The molecule has 0 aromatic heterocycles. The monoisotopic (exact) mass is 286 g/mol. The lowest BCUT2D eigenvalue weighted by atomic mass is 9.88. The third-order valence-corrected chi connectivity index (χ3v) is 3.60. The summed E-state index contributed by atoms with van der Waals surface area (Å²) in [5.74, 6) is -0.178. The first-order valence-corrected chi connectivity index (χ1v) is 6.23. The maximum absolute atomic E-state index is 13.5. The van der Waals surface area contributed by atoms with Crippen molar-refractivity contribution in [1.29, 1.82) is 0 Å². The lowest BCUT2D eigenvalue weighted by Crippen LogP contribution is -2.41. The molecule has 19 heavy (non-hydrogen) atoms. The summed E-state index contributed by atoms with van der Waals surface area (Å²) in [5, 5.41) is 3.20. The summed E-state index contributed by atoms with van der Waals surface area (Å²) in [6.07, 6.45) is 0.841. The van der Waals surface area contributed by atoms with Gasteiger partial charge in [-0.3, -0.25) is 4.79 Å². The number of rotatable bonds is 3. The van der Waals surface area contributed by atoms with Gasteiger partial charge in [-0.15, -0.1) is 12.4 Å². The maximum atomic E-state index is 13.5. The average molecular weight is 287 g/mol. The predicted octanol–water partition coefficient (Wildman–Crippen LogP) is 2.21. The molecule has 0 spiro atoms. The van der Waals surface area contributed by atoms with Gasteiger partial charge >= 0.3 is 0 Å². The molecule has 1 fully saturated rings. The smallest absolute Gasteiger partial charge is 0.229 e. The van der Waals surface area contributed by atoms with Crippen molar-refractivity contribution in [3.8, 4) is 0 Å². The van der Waals surface area contributed by atoms with Crippen molar-refractivity contribution in [2.24, 2.45) is 5.41 Å². The quantitative estimate of drug-likeness (QED) is 0.924. The van der Waals surface area contributed by atoms with Gasteiger partial charge in [0.1, 0.15) is 5.82 Å². The fourth-order valence-electron chi connectivity index (χ4n) is 2.41. The molecule has 5 heteroatoms. The van der Waals surface area contributed by atoms with Crippen LogP contribution < -0.4 is 5.32 Å². The first-order chi connectivity index (χ1) is 8.53. The fourth-order valence-corrected chi connectivity index (χ4v) is 2.41. The number of halogens is 2. The molecule has 3 nitrogen and oxygen atoms in total. The van der Waals surface area contributed by atoms with Gasteiger partial charge in [-0.25, -0.2) is 4.39 Å². The predicted molar refractivity (Wildman–Crippen MR) is 75.7 cm³/mol. The second kappa shape index (κ2) is 6.35. The van der Waals surface area contributed by atoms with E-state index in [0.717, 1.165) is 13.0 Å². The molecule has 1 heterocycles. The molecule has 1 unspecified atom stereocenters. The summed E-state index contributed by atoms with van der Waals surface area (Å²) in [4.78, 5) is 14.0. The molecule has 0 bridgehead atoms. The molecule has 1 aliphatic rings. The normalized spacial score (nSPS) is 21.8. The summed E-state index contributed by atoms with van der Waals surface area (Å²) in [6.45, 7) is 3.86. The van der Waals surface area contributed by atoms with Crippen LogP contribution in [-0.4, -0.2) is 30.9 Å². The molecular formula is C14H20ClFN2O. The number of carbonyl (C=O) groups is 1. The van der Waals surface area contributed by atoms with Crippen LogP contribution in [0.25, 0.3) is 0 Å². The van der Waals surface area contributed by atoms with Gasteiger partial charge < -0.3 is 10.2 Å². The number of hydrogen-bond donors (Lipinski definition) is 1. The number of amides is 1. The zero-order chi connectivity index (χ0) is 13.2. The van der Waals surface area contributed by atoms with Crippen LogP contribution in [0, 0.1) is 11.2 Å². The molecular weight excluding hydrogens is 267 g/mol. The molecule has 0 radical (unpaired) electrons. The number of carbonyl (C=O) groups excluding carboxylic acids is 1. The highest BCUT2D eigenvalue weighted by molar-refractivity contribution is 5.85. The maximum Gasteiger partial charge on any atom is 0.229 e. The summed E-state index contributed by atoms with van der Waals surface area (Å²) < 4.78 is 13.5. The standard InChI is InChI=1S/C14H19FN2O.ClH/c1-14(7-8-16-10-14)13(18)17(2)9-11-5-3-4-6-12(11)15;/h3-6,16H,7-10H2,1-2H3;1H. The van der Waals surface area contributed by atoms with E-state index in [1.165, 1.54) is 6.07 Å². The molecule has 106 valence electrons. The van der Waals surface area contributed by atoms with Gasteiger partial charge in [0.2, 0.25) is 5.91 Å². The molecule has 1 aliphatic heterocycles. The highest BCUT2D eigenvalue weighted by Crippen LogP contribution is 2.27. The van der Waals surface area contributed by atoms with Gasteiger partial charge in [-0.2, -0.15) is 0 Å². The first-order valence-electron chi connectivity index (χ1n) is 6.23.